The maximum absolute atomic E-state index is 11.7. The van der Waals surface area contributed by atoms with Gasteiger partial charge in [-0.15, -0.1) is 0 Å². The normalized spacial score (nSPS) is 17.2. The SMILES string of the molecule is CC(C)N(CC(=O)OCC(O)C(O)C(O)C(O)C(=O)O)C(C)C. The number of hydrogen-bond acceptors (Lipinski definition) is 8. The molecule has 0 radical (unpaired) electrons. The summed E-state index contributed by atoms with van der Waals surface area (Å²) in [6, 6.07) is 0.205. The van der Waals surface area contributed by atoms with Crippen molar-refractivity contribution < 1.29 is 39.9 Å². The van der Waals surface area contributed by atoms with Crippen molar-refractivity contribution in [2.45, 2.75) is 64.2 Å². The molecule has 0 aliphatic carbocycles. The van der Waals surface area contributed by atoms with E-state index < -0.39 is 43.0 Å². The molecular weight excluding hydrogens is 310 g/mol. The molecule has 5 N–H and O–H groups in total. The number of hydrogen-bond donors (Lipinski definition) is 5. The van der Waals surface area contributed by atoms with E-state index >= 15 is 0 Å². The molecule has 9 nitrogen and oxygen atoms in total. The Morgan fingerprint density at radius 3 is 1.83 bits per heavy atom. The number of aliphatic hydroxyl groups excluding tert-OH is 4. The summed E-state index contributed by atoms with van der Waals surface area (Å²) in [6.07, 6.45) is -8.06. The van der Waals surface area contributed by atoms with Crippen LogP contribution in [0.4, 0.5) is 0 Å². The molecule has 23 heavy (non-hydrogen) atoms. The van der Waals surface area contributed by atoms with E-state index in [2.05, 4.69) is 0 Å². The van der Waals surface area contributed by atoms with Crippen molar-refractivity contribution in [1.29, 1.82) is 0 Å². The summed E-state index contributed by atoms with van der Waals surface area (Å²) < 4.78 is 4.82. The van der Waals surface area contributed by atoms with E-state index in [1.165, 1.54) is 0 Å². The van der Waals surface area contributed by atoms with Gasteiger partial charge in [-0.25, -0.2) is 4.79 Å². The topological polar surface area (TPSA) is 148 Å². The molecule has 0 spiro atoms. The number of aliphatic hydroxyl groups is 4. The quantitative estimate of drug-likeness (QED) is 0.290. The van der Waals surface area contributed by atoms with Gasteiger partial charge in [0.05, 0.1) is 6.54 Å². The Balaban J connectivity index is 4.44. The zero-order chi connectivity index (χ0) is 18.3. The third kappa shape index (κ3) is 7.23. The minimum absolute atomic E-state index is 0.0154. The van der Waals surface area contributed by atoms with Gasteiger partial charge in [0.1, 0.15) is 24.9 Å². The third-order valence-corrected chi connectivity index (χ3v) is 3.37. The van der Waals surface area contributed by atoms with Crippen LogP contribution in [-0.2, 0) is 14.3 Å². The van der Waals surface area contributed by atoms with E-state index in [0.29, 0.717) is 0 Å². The summed E-state index contributed by atoms with van der Waals surface area (Å²) in [5, 5.41) is 46.2. The number of ether oxygens (including phenoxy) is 1. The van der Waals surface area contributed by atoms with Gasteiger partial charge >= 0.3 is 11.9 Å². The predicted molar refractivity (Wildman–Crippen MR) is 79.6 cm³/mol. The fraction of sp³-hybridized carbons (Fsp3) is 0.857. The summed E-state index contributed by atoms with van der Waals surface area (Å²) in [4.78, 5) is 24.1. The largest absolute Gasteiger partial charge is 0.479 e. The number of rotatable bonds is 10. The molecule has 0 fully saturated rings. The van der Waals surface area contributed by atoms with Crippen molar-refractivity contribution in [3.05, 3.63) is 0 Å². The smallest absolute Gasteiger partial charge is 0.335 e. The van der Waals surface area contributed by atoms with Gasteiger partial charge in [0.15, 0.2) is 6.10 Å². The first-order valence-electron chi connectivity index (χ1n) is 7.35. The van der Waals surface area contributed by atoms with Crippen molar-refractivity contribution in [3.63, 3.8) is 0 Å². The zero-order valence-corrected chi connectivity index (χ0v) is 13.8. The Bertz CT molecular complexity index is 379. The highest BCUT2D eigenvalue weighted by Gasteiger charge is 2.35. The highest BCUT2D eigenvalue weighted by atomic mass is 16.5. The van der Waals surface area contributed by atoms with Crippen molar-refractivity contribution in [3.8, 4) is 0 Å². The fourth-order valence-electron chi connectivity index (χ4n) is 1.99. The van der Waals surface area contributed by atoms with Crippen LogP contribution in [0, 0.1) is 0 Å². The first-order valence-corrected chi connectivity index (χ1v) is 7.35. The highest BCUT2D eigenvalue weighted by molar-refractivity contribution is 5.73. The summed E-state index contributed by atoms with van der Waals surface area (Å²) in [6.45, 7) is 7.00. The molecular formula is C14H27NO8. The second-order valence-corrected chi connectivity index (χ2v) is 5.87. The first-order chi connectivity index (χ1) is 10.5. The number of aliphatic carboxylic acids is 1. The predicted octanol–water partition coefficient (Wildman–Crippen LogP) is -1.82. The summed E-state index contributed by atoms with van der Waals surface area (Å²) >= 11 is 0. The summed E-state index contributed by atoms with van der Waals surface area (Å²) in [5.74, 6) is -2.38. The van der Waals surface area contributed by atoms with Crippen LogP contribution in [0.2, 0.25) is 0 Å². The summed E-state index contributed by atoms with van der Waals surface area (Å²) in [5.41, 5.74) is 0. The van der Waals surface area contributed by atoms with Crippen LogP contribution in [0.25, 0.3) is 0 Å². The molecule has 0 amide bonds. The van der Waals surface area contributed by atoms with Gasteiger partial charge in [-0.1, -0.05) is 0 Å². The molecule has 0 aromatic carbocycles. The standard InChI is InChI=1S/C14H27NO8/c1-7(2)15(8(3)4)5-10(17)23-6-9(16)11(18)12(19)13(20)14(21)22/h7-9,11-13,16,18-20H,5-6H2,1-4H3,(H,21,22). The maximum atomic E-state index is 11.7. The Morgan fingerprint density at radius 2 is 1.43 bits per heavy atom. The molecule has 0 rings (SSSR count). The van der Waals surface area contributed by atoms with Crippen LogP contribution in [0.15, 0.2) is 0 Å². The monoisotopic (exact) mass is 337 g/mol. The molecule has 0 saturated heterocycles. The Kier molecular flexibility index (Phi) is 9.25. The minimum atomic E-state index is -2.26. The van der Waals surface area contributed by atoms with Crippen LogP contribution in [0.5, 0.6) is 0 Å². The number of carboxylic acid groups (broad SMARTS) is 1. The lowest BCUT2D eigenvalue weighted by molar-refractivity contribution is -0.169. The highest BCUT2D eigenvalue weighted by Crippen LogP contribution is 2.08. The van der Waals surface area contributed by atoms with E-state index in [1.54, 1.807) is 0 Å². The minimum Gasteiger partial charge on any atom is -0.479 e. The lowest BCUT2D eigenvalue weighted by atomic mass is 10.0. The van der Waals surface area contributed by atoms with E-state index in [9.17, 15) is 24.9 Å². The van der Waals surface area contributed by atoms with Gasteiger partial charge in [0.2, 0.25) is 0 Å². The molecule has 4 atom stereocenters. The molecule has 136 valence electrons. The Labute approximate surface area is 135 Å². The molecule has 0 aliphatic rings. The Morgan fingerprint density at radius 1 is 0.957 bits per heavy atom. The number of nitrogens with zero attached hydrogens (tertiary/aromatic N) is 1. The molecule has 0 aliphatic heterocycles. The van der Waals surface area contributed by atoms with Crippen LogP contribution in [0.3, 0.4) is 0 Å². The molecule has 4 unspecified atom stereocenters. The van der Waals surface area contributed by atoms with E-state index in [1.807, 2.05) is 32.6 Å². The van der Waals surface area contributed by atoms with E-state index in [0.717, 1.165) is 0 Å². The zero-order valence-electron chi connectivity index (χ0n) is 13.8. The van der Waals surface area contributed by atoms with Gasteiger partial charge in [-0.05, 0) is 27.7 Å². The van der Waals surface area contributed by atoms with Gasteiger partial charge in [0, 0.05) is 12.1 Å². The number of carbonyl (C=O) groups excluding carboxylic acids is 1. The van der Waals surface area contributed by atoms with Crippen molar-refractivity contribution in [1.82, 2.24) is 4.90 Å². The van der Waals surface area contributed by atoms with Gasteiger partial charge < -0.3 is 30.3 Å². The number of carbonyl (C=O) groups is 2. The van der Waals surface area contributed by atoms with Crippen molar-refractivity contribution in [2.24, 2.45) is 0 Å². The van der Waals surface area contributed by atoms with Gasteiger partial charge in [-0.2, -0.15) is 0 Å². The lowest BCUT2D eigenvalue weighted by Gasteiger charge is -2.29. The molecule has 0 bridgehead atoms. The van der Waals surface area contributed by atoms with Crippen molar-refractivity contribution in [2.75, 3.05) is 13.2 Å². The fourth-order valence-corrected chi connectivity index (χ4v) is 1.99. The second-order valence-electron chi connectivity index (χ2n) is 5.87. The van der Waals surface area contributed by atoms with Crippen LogP contribution >= 0.6 is 0 Å². The van der Waals surface area contributed by atoms with Gasteiger partial charge in [-0.3, -0.25) is 9.69 Å². The second kappa shape index (κ2) is 9.78. The summed E-state index contributed by atoms with van der Waals surface area (Å²) in [7, 11) is 0. The molecule has 0 aromatic heterocycles. The lowest BCUT2D eigenvalue weighted by Crippen LogP contribution is -2.49. The van der Waals surface area contributed by atoms with Crippen LogP contribution in [-0.4, -0.2) is 92.0 Å². The molecule has 9 heteroatoms. The average Bonchev–Trinajstić information content (AvgIpc) is 2.46. The van der Waals surface area contributed by atoms with Crippen LogP contribution < -0.4 is 0 Å². The maximum Gasteiger partial charge on any atom is 0.335 e. The number of esters is 1. The van der Waals surface area contributed by atoms with E-state index in [-0.39, 0.29) is 18.6 Å². The number of carboxylic acids is 1. The van der Waals surface area contributed by atoms with Gasteiger partial charge in [0.25, 0.3) is 0 Å². The average molecular weight is 337 g/mol. The molecule has 0 saturated carbocycles. The molecule has 0 heterocycles. The van der Waals surface area contributed by atoms with E-state index in [4.69, 9.17) is 14.9 Å². The molecule has 0 aromatic rings. The Hall–Kier alpha value is -1.26. The first kappa shape index (κ1) is 21.7. The third-order valence-electron chi connectivity index (χ3n) is 3.37. The van der Waals surface area contributed by atoms with Crippen LogP contribution in [0.1, 0.15) is 27.7 Å². The van der Waals surface area contributed by atoms with Crippen molar-refractivity contribution >= 4 is 11.9 Å².